The van der Waals surface area contributed by atoms with Gasteiger partial charge in [-0.3, -0.25) is 9.78 Å². The fourth-order valence-electron chi connectivity index (χ4n) is 2.34. The summed E-state index contributed by atoms with van der Waals surface area (Å²) in [6.45, 7) is 7.24. The molecule has 0 spiro atoms. The highest BCUT2D eigenvalue weighted by Crippen LogP contribution is 2.23. The number of nitrogens with two attached hydrogens (primary N) is 1. The highest BCUT2D eigenvalue weighted by atomic mass is 16.2. The first-order chi connectivity index (χ1) is 9.13. The van der Waals surface area contributed by atoms with Crippen molar-refractivity contribution in [3.05, 3.63) is 18.5 Å². The average molecular weight is 262 g/mol. The third-order valence-electron chi connectivity index (χ3n) is 3.79. The third kappa shape index (κ3) is 2.97. The lowest BCUT2D eigenvalue weighted by Gasteiger charge is -2.37. The van der Waals surface area contributed by atoms with Gasteiger partial charge in [-0.05, 0) is 12.5 Å². The second-order valence-electron chi connectivity index (χ2n) is 5.06. The number of anilines is 2. The molecule has 1 aromatic heterocycles. The molecule has 5 nitrogen and oxygen atoms in total. The van der Waals surface area contributed by atoms with Crippen molar-refractivity contribution in [3.8, 4) is 0 Å². The summed E-state index contributed by atoms with van der Waals surface area (Å²) in [5.41, 5.74) is 7.65. The lowest BCUT2D eigenvalue weighted by Crippen LogP contribution is -2.50. The Labute approximate surface area is 114 Å². The van der Waals surface area contributed by atoms with Gasteiger partial charge in [0.15, 0.2) is 0 Å². The Bertz CT molecular complexity index is 441. The quantitative estimate of drug-likeness (QED) is 0.893. The predicted octanol–water partition coefficient (Wildman–Crippen LogP) is 1.36. The van der Waals surface area contributed by atoms with Gasteiger partial charge >= 0.3 is 0 Å². The van der Waals surface area contributed by atoms with Gasteiger partial charge in [0, 0.05) is 38.3 Å². The van der Waals surface area contributed by atoms with E-state index in [0.29, 0.717) is 5.69 Å². The minimum atomic E-state index is 0.123. The number of amides is 1. The van der Waals surface area contributed by atoms with E-state index in [4.69, 9.17) is 5.73 Å². The van der Waals surface area contributed by atoms with Gasteiger partial charge in [0.25, 0.3) is 0 Å². The Kier molecular flexibility index (Phi) is 4.24. The molecular weight excluding hydrogens is 240 g/mol. The number of carbonyl (C=O) groups is 1. The Morgan fingerprint density at radius 1 is 1.42 bits per heavy atom. The maximum atomic E-state index is 12.1. The molecule has 0 aromatic carbocycles. The SMILES string of the molecule is CCC(C)C(=O)N1CCN(c2ccncc2N)CC1. The van der Waals surface area contributed by atoms with Crippen LogP contribution in [0.15, 0.2) is 18.5 Å². The topological polar surface area (TPSA) is 62.5 Å². The molecule has 0 radical (unpaired) electrons. The summed E-state index contributed by atoms with van der Waals surface area (Å²) < 4.78 is 0. The zero-order chi connectivity index (χ0) is 13.8. The average Bonchev–Trinajstić information content (AvgIpc) is 2.46. The van der Waals surface area contributed by atoms with E-state index in [0.717, 1.165) is 38.3 Å². The molecule has 1 aliphatic rings. The van der Waals surface area contributed by atoms with Crippen LogP contribution in [0.2, 0.25) is 0 Å². The molecule has 1 amide bonds. The van der Waals surface area contributed by atoms with Crippen LogP contribution in [0, 0.1) is 5.92 Å². The first-order valence-electron chi connectivity index (χ1n) is 6.86. The van der Waals surface area contributed by atoms with Gasteiger partial charge < -0.3 is 15.5 Å². The largest absolute Gasteiger partial charge is 0.396 e. The molecule has 19 heavy (non-hydrogen) atoms. The second kappa shape index (κ2) is 5.91. The zero-order valence-corrected chi connectivity index (χ0v) is 11.7. The highest BCUT2D eigenvalue weighted by molar-refractivity contribution is 5.79. The monoisotopic (exact) mass is 262 g/mol. The molecule has 104 valence electrons. The number of hydrogen-bond acceptors (Lipinski definition) is 4. The molecule has 2 heterocycles. The van der Waals surface area contributed by atoms with Crippen molar-refractivity contribution in [2.75, 3.05) is 36.8 Å². The summed E-state index contributed by atoms with van der Waals surface area (Å²) >= 11 is 0. The number of nitrogen functional groups attached to an aromatic ring is 1. The smallest absolute Gasteiger partial charge is 0.225 e. The normalized spacial score (nSPS) is 17.4. The number of aromatic nitrogens is 1. The van der Waals surface area contributed by atoms with Crippen LogP contribution < -0.4 is 10.6 Å². The lowest BCUT2D eigenvalue weighted by molar-refractivity contribution is -0.135. The number of hydrogen-bond donors (Lipinski definition) is 1. The van der Waals surface area contributed by atoms with Crippen LogP contribution in [0.25, 0.3) is 0 Å². The van der Waals surface area contributed by atoms with Gasteiger partial charge in [-0.1, -0.05) is 13.8 Å². The number of carbonyl (C=O) groups excluding carboxylic acids is 1. The molecule has 5 heteroatoms. The standard InChI is InChI=1S/C14H22N4O/c1-3-11(2)14(19)18-8-6-17(7-9-18)13-4-5-16-10-12(13)15/h4-5,10-11H,3,6-9,15H2,1-2H3. The van der Waals surface area contributed by atoms with E-state index in [1.807, 2.05) is 17.9 Å². The molecule has 1 fully saturated rings. The summed E-state index contributed by atoms with van der Waals surface area (Å²) in [4.78, 5) is 20.3. The molecular formula is C14H22N4O. The van der Waals surface area contributed by atoms with Gasteiger partial charge in [0.1, 0.15) is 0 Å². The molecule has 1 saturated heterocycles. The minimum absolute atomic E-state index is 0.123. The van der Waals surface area contributed by atoms with Gasteiger partial charge in [0.05, 0.1) is 17.6 Å². The van der Waals surface area contributed by atoms with E-state index in [9.17, 15) is 4.79 Å². The van der Waals surface area contributed by atoms with E-state index in [2.05, 4.69) is 16.8 Å². The van der Waals surface area contributed by atoms with Gasteiger partial charge in [-0.15, -0.1) is 0 Å². The predicted molar refractivity (Wildman–Crippen MR) is 76.9 cm³/mol. The Morgan fingerprint density at radius 2 is 2.11 bits per heavy atom. The number of nitrogens with zero attached hydrogens (tertiary/aromatic N) is 3. The highest BCUT2D eigenvalue weighted by Gasteiger charge is 2.24. The summed E-state index contributed by atoms with van der Waals surface area (Å²) in [7, 11) is 0. The van der Waals surface area contributed by atoms with Gasteiger partial charge in [-0.2, -0.15) is 0 Å². The van der Waals surface area contributed by atoms with Crippen LogP contribution in [-0.2, 0) is 4.79 Å². The van der Waals surface area contributed by atoms with Crippen molar-refractivity contribution >= 4 is 17.3 Å². The molecule has 0 bridgehead atoms. The van der Waals surface area contributed by atoms with Crippen LogP contribution in [-0.4, -0.2) is 42.0 Å². The van der Waals surface area contributed by atoms with Crippen LogP contribution in [0.4, 0.5) is 11.4 Å². The van der Waals surface area contributed by atoms with Crippen LogP contribution in [0.3, 0.4) is 0 Å². The van der Waals surface area contributed by atoms with Crippen LogP contribution >= 0.6 is 0 Å². The summed E-state index contributed by atoms with van der Waals surface area (Å²) in [5.74, 6) is 0.391. The fourth-order valence-corrected chi connectivity index (χ4v) is 2.34. The Morgan fingerprint density at radius 3 is 2.68 bits per heavy atom. The van der Waals surface area contributed by atoms with Crippen molar-refractivity contribution in [1.29, 1.82) is 0 Å². The van der Waals surface area contributed by atoms with Gasteiger partial charge in [0.2, 0.25) is 5.91 Å². The fraction of sp³-hybridized carbons (Fsp3) is 0.571. The van der Waals surface area contributed by atoms with E-state index in [1.54, 1.807) is 12.4 Å². The van der Waals surface area contributed by atoms with E-state index in [1.165, 1.54) is 0 Å². The first-order valence-corrected chi connectivity index (χ1v) is 6.86. The van der Waals surface area contributed by atoms with Crippen molar-refractivity contribution in [3.63, 3.8) is 0 Å². The first kappa shape index (κ1) is 13.6. The number of pyridine rings is 1. The summed E-state index contributed by atoms with van der Waals surface area (Å²) in [6.07, 6.45) is 4.32. The van der Waals surface area contributed by atoms with Crippen molar-refractivity contribution in [1.82, 2.24) is 9.88 Å². The van der Waals surface area contributed by atoms with Crippen molar-refractivity contribution < 1.29 is 4.79 Å². The van der Waals surface area contributed by atoms with Gasteiger partial charge in [-0.25, -0.2) is 0 Å². The second-order valence-corrected chi connectivity index (χ2v) is 5.06. The molecule has 0 aliphatic carbocycles. The summed E-state index contributed by atoms with van der Waals surface area (Å²) in [6, 6.07) is 1.93. The molecule has 0 saturated carbocycles. The van der Waals surface area contributed by atoms with E-state index in [-0.39, 0.29) is 11.8 Å². The van der Waals surface area contributed by atoms with Crippen molar-refractivity contribution in [2.24, 2.45) is 5.92 Å². The molecule has 1 aromatic rings. The van der Waals surface area contributed by atoms with Crippen molar-refractivity contribution in [2.45, 2.75) is 20.3 Å². The zero-order valence-electron chi connectivity index (χ0n) is 11.7. The maximum absolute atomic E-state index is 12.1. The summed E-state index contributed by atoms with van der Waals surface area (Å²) in [5, 5.41) is 0. The molecule has 2 N–H and O–H groups in total. The van der Waals surface area contributed by atoms with E-state index < -0.39 is 0 Å². The Hall–Kier alpha value is -1.78. The molecule has 1 aliphatic heterocycles. The molecule has 1 atom stereocenters. The third-order valence-corrected chi connectivity index (χ3v) is 3.79. The molecule has 1 unspecified atom stereocenters. The lowest BCUT2D eigenvalue weighted by atomic mass is 10.1. The minimum Gasteiger partial charge on any atom is -0.396 e. The van der Waals surface area contributed by atoms with Crippen LogP contribution in [0.5, 0.6) is 0 Å². The maximum Gasteiger partial charge on any atom is 0.225 e. The Balaban J connectivity index is 1.96. The number of rotatable bonds is 3. The van der Waals surface area contributed by atoms with E-state index >= 15 is 0 Å². The number of piperazine rings is 1. The molecule has 2 rings (SSSR count). The van der Waals surface area contributed by atoms with Crippen LogP contribution in [0.1, 0.15) is 20.3 Å².